The van der Waals surface area contributed by atoms with Crippen LogP contribution >= 0.6 is 15.9 Å². The second-order valence-corrected chi connectivity index (χ2v) is 4.00. The summed E-state index contributed by atoms with van der Waals surface area (Å²) >= 11 is 3.42. The van der Waals surface area contributed by atoms with E-state index in [4.69, 9.17) is 0 Å². The fourth-order valence-corrected chi connectivity index (χ4v) is 1.30. The fourth-order valence-electron chi connectivity index (χ4n) is 0.902. The molecule has 0 rings (SSSR count). The molecule has 0 aromatic heterocycles. The van der Waals surface area contributed by atoms with Crippen molar-refractivity contribution in [2.45, 2.75) is 39.5 Å². The lowest BCUT2D eigenvalue weighted by molar-refractivity contribution is 0.730. The zero-order valence-electron chi connectivity index (χ0n) is 7.65. The zero-order chi connectivity index (χ0) is 8.53. The first-order valence-corrected chi connectivity index (χ1v) is 5.62. The molecule has 0 bridgehead atoms. The Morgan fingerprint density at radius 1 is 1.18 bits per heavy atom. The molecule has 11 heavy (non-hydrogen) atoms. The first kappa shape index (κ1) is 11.2. The molecule has 0 heterocycles. The number of alkyl halides is 1. The average Bonchev–Trinajstić information content (AvgIpc) is 1.96. The third kappa shape index (κ3) is 10.2. The maximum Gasteiger partial charge on any atom is 0.00313 e. The highest BCUT2D eigenvalue weighted by Crippen LogP contribution is 2.04. The Morgan fingerprint density at radius 2 is 1.91 bits per heavy atom. The van der Waals surface area contributed by atoms with Crippen LogP contribution in [0.15, 0.2) is 12.2 Å². The van der Waals surface area contributed by atoms with Crippen LogP contribution in [0.5, 0.6) is 0 Å². The molecule has 0 aliphatic carbocycles. The summed E-state index contributed by atoms with van der Waals surface area (Å²) in [7, 11) is 0. The fraction of sp³-hybridized carbons (Fsp3) is 0.800. The van der Waals surface area contributed by atoms with Crippen molar-refractivity contribution in [2.75, 3.05) is 5.33 Å². The Balaban J connectivity index is 3.01. The molecular weight excluding hydrogens is 200 g/mol. The van der Waals surface area contributed by atoms with Crippen LogP contribution in [0.25, 0.3) is 0 Å². The Morgan fingerprint density at radius 3 is 2.45 bits per heavy atom. The van der Waals surface area contributed by atoms with Gasteiger partial charge in [0.05, 0.1) is 0 Å². The minimum Gasteiger partial charge on any atom is -0.0928 e. The summed E-state index contributed by atoms with van der Waals surface area (Å²) in [6.45, 7) is 4.43. The summed E-state index contributed by atoms with van der Waals surface area (Å²) in [5.74, 6) is 0.714. The Kier molecular flexibility index (Phi) is 8.48. The van der Waals surface area contributed by atoms with Crippen molar-refractivity contribution < 1.29 is 0 Å². The van der Waals surface area contributed by atoms with Gasteiger partial charge in [-0.2, -0.15) is 0 Å². The summed E-state index contributed by atoms with van der Waals surface area (Å²) < 4.78 is 0. The Bertz CT molecular complexity index is 95.0. The van der Waals surface area contributed by atoms with Gasteiger partial charge in [0.25, 0.3) is 0 Å². The second-order valence-electron chi connectivity index (χ2n) is 3.21. The van der Waals surface area contributed by atoms with Crippen LogP contribution in [0.2, 0.25) is 0 Å². The van der Waals surface area contributed by atoms with Crippen LogP contribution in [0.3, 0.4) is 0 Å². The van der Waals surface area contributed by atoms with Crippen molar-refractivity contribution in [3.8, 4) is 0 Å². The number of rotatable bonds is 6. The van der Waals surface area contributed by atoms with Crippen molar-refractivity contribution in [1.29, 1.82) is 0 Å². The third-order valence-electron chi connectivity index (χ3n) is 1.53. The summed E-state index contributed by atoms with van der Waals surface area (Å²) in [4.78, 5) is 0. The summed E-state index contributed by atoms with van der Waals surface area (Å²) in [5, 5.41) is 1.15. The van der Waals surface area contributed by atoms with E-state index in [0.717, 1.165) is 5.33 Å². The quantitative estimate of drug-likeness (QED) is 0.357. The van der Waals surface area contributed by atoms with Crippen molar-refractivity contribution in [3.05, 3.63) is 12.2 Å². The van der Waals surface area contributed by atoms with Crippen LogP contribution in [0, 0.1) is 5.92 Å². The highest BCUT2D eigenvalue weighted by Gasteiger charge is 1.86. The number of unbranched alkanes of at least 4 members (excludes halogenated alkanes) is 3. The first-order valence-electron chi connectivity index (χ1n) is 4.50. The van der Waals surface area contributed by atoms with Gasteiger partial charge in [0.15, 0.2) is 0 Å². The maximum absolute atomic E-state index is 3.42. The molecular formula is C10H19Br. The van der Waals surface area contributed by atoms with E-state index in [2.05, 4.69) is 41.9 Å². The summed E-state index contributed by atoms with van der Waals surface area (Å²) in [5.41, 5.74) is 0. The van der Waals surface area contributed by atoms with Gasteiger partial charge in [-0.15, -0.1) is 0 Å². The van der Waals surface area contributed by atoms with E-state index in [1.807, 2.05) is 0 Å². The first-order chi connectivity index (χ1) is 5.27. The number of hydrogen-bond acceptors (Lipinski definition) is 0. The van der Waals surface area contributed by atoms with Crippen molar-refractivity contribution >= 4 is 15.9 Å². The molecule has 0 unspecified atom stereocenters. The third-order valence-corrected chi connectivity index (χ3v) is 2.09. The van der Waals surface area contributed by atoms with Gasteiger partial charge >= 0.3 is 0 Å². The molecule has 0 spiro atoms. The van der Waals surface area contributed by atoms with Crippen LogP contribution in [-0.2, 0) is 0 Å². The smallest absolute Gasteiger partial charge is 0.00313 e. The lowest BCUT2D eigenvalue weighted by Crippen LogP contribution is -1.79. The molecule has 0 aliphatic rings. The second kappa shape index (κ2) is 8.32. The molecule has 0 N–H and O–H groups in total. The molecule has 0 amide bonds. The van der Waals surface area contributed by atoms with E-state index in [1.165, 1.54) is 25.7 Å². The maximum atomic E-state index is 3.42. The van der Waals surface area contributed by atoms with Gasteiger partial charge in [-0.25, -0.2) is 0 Å². The highest BCUT2D eigenvalue weighted by atomic mass is 79.9. The van der Waals surface area contributed by atoms with Gasteiger partial charge in [-0.1, -0.05) is 48.4 Å². The Hall–Kier alpha value is 0.220. The van der Waals surface area contributed by atoms with Gasteiger partial charge < -0.3 is 0 Å². The molecule has 0 saturated carbocycles. The lowest BCUT2D eigenvalue weighted by Gasteiger charge is -1.95. The number of halogens is 1. The van der Waals surface area contributed by atoms with E-state index in [-0.39, 0.29) is 0 Å². The molecule has 0 aromatic carbocycles. The van der Waals surface area contributed by atoms with Crippen LogP contribution in [0.4, 0.5) is 0 Å². The molecule has 0 radical (unpaired) electrons. The molecule has 0 saturated heterocycles. The van der Waals surface area contributed by atoms with Gasteiger partial charge in [-0.3, -0.25) is 0 Å². The van der Waals surface area contributed by atoms with Crippen LogP contribution in [-0.4, -0.2) is 5.33 Å². The van der Waals surface area contributed by atoms with E-state index in [0.29, 0.717) is 5.92 Å². The van der Waals surface area contributed by atoms with E-state index >= 15 is 0 Å². The standard InChI is InChI=1S/C10H19Br/c1-10(2)8-6-4-3-5-7-9-11/h6,8,10H,3-5,7,9H2,1-2H3/b8-6-. The predicted molar refractivity (Wildman–Crippen MR) is 56.2 cm³/mol. The molecule has 0 fully saturated rings. The molecule has 66 valence electrons. The van der Waals surface area contributed by atoms with Crippen molar-refractivity contribution in [1.82, 2.24) is 0 Å². The van der Waals surface area contributed by atoms with Crippen molar-refractivity contribution in [2.24, 2.45) is 5.92 Å². The summed E-state index contributed by atoms with van der Waals surface area (Å²) in [6.07, 6.45) is 9.86. The SMILES string of the molecule is CC(C)/C=C\CCCCCBr. The normalized spacial score (nSPS) is 11.6. The van der Waals surface area contributed by atoms with E-state index < -0.39 is 0 Å². The minimum atomic E-state index is 0.714. The molecule has 0 aromatic rings. The Labute approximate surface area is 79.2 Å². The number of allylic oxidation sites excluding steroid dienone is 2. The molecule has 0 atom stereocenters. The monoisotopic (exact) mass is 218 g/mol. The molecule has 0 aliphatic heterocycles. The number of hydrogen-bond donors (Lipinski definition) is 0. The van der Waals surface area contributed by atoms with Gasteiger partial charge in [0.2, 0.25) is 0 Å². The van der Waals surface area contributed by atoms with Gasteiger partial charge in [-0.05, 0) is 25.2 Å². The predicted octanol–water partition coefficient (Wildman–Crippen LogP) is 4.15. The zero-order valence-corrected chi connectivity index (χ0v) is 9.23. The average molecular weight is 219 g/mol. The lowest BCUT2D eigenvalue weighted by atomic mass is 10.1. The molecule has 1 heteroatoms. The van der Waals surface area contributed by atoms with E-state index in [1.54, 1.807) is 0 Å². The van der Waals surface area contributed by atoms with Gasteiger partial charge in [0, 0.05) is 5.33 Å². The largest absolute Gasteiger partial charge is 0.0928 e. The van der Waals surface area contributed by atoms with Gasteiger partial charge in [0.1, 0.15) is 0 Å². The van der Waals surface area contributed by atoms with Crippen LogP contribution < -0.4 is 0 Å². The van der Waals surface area contributed by atoms with Crippen molar-refractivity contribution in [3.63, 3.8) is 0 Å². The minimum absolute atomic E-state index is 0.714. The van der Waals surface area contributed by atoms with Crippen LogP contribution in [0.1, 0.15) is 39.5 Å². The molecule has 0 nitrogen and oxygen atoms in total. The topological polar surface area (TPSA) is 0 Å². The highest BCUT2D eigenvalue weighted by molar-refractivity contribution is 9.09. The summed E-state index contributed by atoms with van der Waals surface area (Å²) in [6, 6.07) is 0. The van der Waals surface area contributed by atoms with E-state index in [9.17, 15) is 0 Å².